The quantitative estimate of drug-likeness (QED) is 0.897. The van der Waals surface area contributed by atoms with Gasteiger partial charge in [0.15, 0.2) is 0 Å². The van der Waals surface area contributed by atoms with Crippen molar-refractivity contribution in [3.8, 4) is 5.75 Å². The van der Waals surface area contributed by atoms with Crippen molar-refractivity contribution in [1.82, 2.24) is 5.32 Å². The van der Waals surface area contributed by atoms with Gasteiger partial charge in [-0.05, 0) is 30.7 Å². The van der Waals surface area contributed by atoms with E-state index < -0.39 is 0 Å². The third-order valence-electron chi connectivity index (χ3n) is 5.23. The minimum Gasteiger partial charge on any atom is -0.493 e. The number of amides is 1. The number of carbonyl (C=O) groups is 1. The van der Waals surface area contributed by atoms with Crippen molar-refractivity contribution in [1.29, 1.82) is 0 Å². The van der Waals surface area contributed by atoms with Crippen LogP contribution in [0.1, 0.15) is 43.7 Å². The molecule has 1 heterocycles. The summed E-state index contributed by atoms with van der Waals surface area (Å²) in [5, 5.41) is 3.27. The van der Waals surface area contributed by atoms with E-state index in [-0.39, 0.29) is 11.9 Å². The highest BCUT2D eigenvalue weighted by Gasteiger charge is 2.54. The van der Waals surface area contributed by atoms with Crippen LogP contribution in [0, 0.1) is 17.8 Å². The molecule has 2 aliphatic carbocycles. The van der Waals surface area contributed by atoms with Gasteiger partial charge in [0.2, 0.25) is 5.91 Å². The Morgan fingerprint density at radius 1 is 1.10 bits per heavy atom. The molecular formula is C17H21NO2. The monoisotopic (exact) mass is 271 g/mol. The van der Waals surface area contributed by atoms with Crippen molar-refractivity contribution >= 4 is 5.91 Å². The normalized spacial score (nSPS) is 34.4. The highest BCUT2D eigenvalue weighted by atomic mass is 16.5. The van der Waals surface area contributed by atoms with Crippen molar-refractivity contribution in [2.24, 2.45) is 17.8 Å². The topological polar surface area (TPSA) is 38.3 Å². The Morgan fingerprint density at radius 2 is 1.85 bits per heavy atom. The van der Waals surface area contributed by atoms with Crippen molar-refractivity contribution in [3.05, 3.63) is 29.8 Å². The molecule has 1 aliphatic heterocycles. The van der Waals surface area contributed by atoms with Crippen LogP contribution in [0.4, 0.5) is 0 Å². The first-order valence-electron chi connectivity index (χ1n) is 7.87. The molecule has 1 amide bonds. The van der Waals surface area contributed by atoms with Crippen molar-refractivity contribution in [2.75, 3.05) is 6.61 Å². The molecule has 20 heavy (non-hydrogen) atoms. The van der Waals surface area contributed by atoms with Gasteiger partial charge in [0.1, 0.15) is 5.75 Å². The number of ether oxygens (including phenoxy) is 1. The Hall–Kier alpha value is -1.51. The van der Waals surface area contributed by atoms with Gasteiger partial charge in [-0.25, -0.2) is 0 Å². The molecule has 106 valence electrons. The summed E-state index contributed by atoms with van der Waals surface area (Å²) in [4.78, 5) is 12.5. The molecule has 4 rings (SSSR count). The van der Waals surface area contributed by atoms with Gasteiger partial charge < -0.3 is 10.1 Å². The lowest BCUT2D eigenvalue weighted by Gasteiger charge is -2.26. The molecule has 1 aromatic carbocycles. The second kappa shape index (κ2) is 4.80. The van der Waals surface area contributed by atoms with Crippen molar-refractivity contribution in [3.63, 3.8) is 0 Å². The van der Waals surface area contributed by atoms with Crippen LogP contribution < -0.4 is 10.1 Å². The van der Waals surface area contributed by atoms with Crippen molar-refractivity contribution < 1.29 is 9.53 Å². The molecule has 3 aliphatic rings. The Labute approximate surface area is 119 Å². The first-order valence-corrected chi connectivity index (χ1v) is 7.87. The van der Waals surface area contributed by atoms with Crippen LogP contribution >= 0.6 is 0 Å². The summed E-state index contributed by atoms with van der Waals surface area (Å²) in [6.07, 6.45) is 6.02. The van der Waals surface area contributed by atoms with E-state index in [1.807, 2.05) is 18.2 Å². The van der Waals surface area contributed by atoms with E-state index in [9.17, 15) is 4.79 Å². The second-order valence-corrected chi connectivity index (χ2v) is 6.37. The van der Waals surface area contributed by atoms with E-state index in [0.29, 0.717) is 24.4 Å². The minimum absolute atomic E-state index is 0.134. The molecule has 0 radical (unpaired) electrons. The number of fused-ring (bicyclic) bond motifs is 2. The van der Waals surface area contributed by atoms with E-state index in [1.165, 1.54) is 25.7 Å². The number of para-hydroxylation sites is 1. The van der Waals surface area contributed by atoms with Gasteiger partial charge in [-0.15, -0.1) is 0 Å². The molecule has 0 aromatic heterocycles. The Morgan fingerprint density at radius 3 is 2.65 bits per heavy atom. The minimum atomic E-state index is 0.134. The summed E-state index contributed by atoms with van der Waals surface area (Å²) in [5.74, 6) is 2.87. The molecule has 0 bridgehead atoms. The molecule has 1 aromatic rings. The summed E-state index contributed by atoms with van der Waals surface area (Å²) in [7, 11) is 0. The zero-order chi connectivity index (χ0) is 13.5. The SMILES string of the molecule is O=C(N[C@@H]1CCOc2ccccc21)C1[C@H]2CCCC[C@@H]12. The first-order chi connectivity index (χ1) is 9.84. The molecule has 2 saturated carbocycles. The maximum absolute atomic E-state index is 12.5. The van der Waals surface area contributed by atoms with Crippen LogP contribution in [0.15, 0.2) is 24.3 Å². The van der Waals surface area contributed by atoms with Crippen LogP contribution in [0.25, 0.3) is 0 Å². The molecule has 0 saturated heterocycles. The Kier molecular flexibility index (Phi) is 2.94. The number of carbonyl (C=O) groups excluding carboxylic acids is 1. The average Bonchev–Trinajstić information content (AvgIpc) is 3.22. The Bertz CT molecular complexity index is 515. The summed E-state index contributed by atoms with van der Waals surface area (Å²) < 4.78 is 5.65. The zero-order valence-corrected chi connectivity index (χ0v) is 11.7. The zero-order valence-electron chi connectivity index (χ0n) is 11.7. The van der Waals surface area contributed by atoms with E-state index in [2.05, 4.69) is 11.4 Å². The van der Waals surface area contributed by atoms with Gasteiger partial charge in [-0.3, -0.25) is 4.79 Å². The molecule has 3 nitrogen and oxygen atoms in total. The predicted molar refractivity (Wildman–Crippen MR) is 76.4 cm³/mol. The maximum Gasteiger partial charge on any atom is 0.224 e. The first kappa shape index (κ1) is 12.2. The molecule has 0 spiro atoms. The average molecular weight is 271 g/mol. The van der Waals surface area contributed by atoms with Crippen LogP contribution in [0.5, 0.6) is 5.75 Å². The summed E-state index contributed by atoms with van der Waals surface area (Å²) in [5.41, 5.74) is 1.13. The number of nitrogens with one attached hydrogen (secondary N) is 1. The van der Waals surface area contributed by atoms with Crippen molar-refractivity contribution in [2.45, 2.75) is 38.1 Å². The molecule has 2 fully saturated rings. The number of benzene rings is 1. The largest absolute Gasteiger partial charge is 0.493 e. The lowest BCUT2D eigenvalue weighted by Crippen LogP contribution is -2.33. The fourth-order valence-electron chi connectivity index (χ4n) is 4.14. The fourth-order valence-corrected chi connectivity index (χ4v) is 4.14. The maximum atomic E-state index is 12.5. The molecule has 3 heteroatoms. The highest BCUT2D eigenvalue weighted by Crippen LogP contribution is 2.55. The third kappa shape index (κ3) is 2.00. The molecular weight excluding hydrogens is 250 g/mol. The lowest BCUT2D eigenvalue weighted by molar-refractivity contribution is -0.123. The lowest BCUT2D eigenvalue weighted by atomic mass is 10.0. The van der Waals surface area contributed by atoms with Gasteiger partial charge in [-0.2, -0.15) is 0 Å². The fraction of sp³-hybridized carbons (Fsp3) is 0.588. The number of hydrogen-bond acceptors (Lipinski definition) is 2. The van der Waals surface area contributed by atoms with Crippen LogP contribution in [-0.2, 0) is 4.79 Å². The smallest absolute Gasteiger partial charge is 0.224 e. The number of rotatable bonds is 2. The van der Waals surface area contributed by atoms with E-state index >= 15 is 0 Å². The number of hydrogen-bond donors (Lipinski definition) is 1. The second-order valence-electron chi connectivity index (χ2n) is 6.37. The van der Waals surface area contributed by atoms with Gasteiger partial charge in [0.05, 0.1) is 12.6 Å². The summed E-state index contributed by atoms with van der Waals surface area (Å²) in [6, 6.07) is 8.20. The molecule has 4 atom stereocenters. The Balaban J connectivity index is 1.46. The summed E-state index contributed by atoms with van der Waals surface area (Å²) in [6.45, 7) is 0.694. The highest BCUT2D eigenvalue weighted by molar-refractivity contribution is 5.82. The van der Waals surface area contributed by atoms with Gasteiger partial charge >= 0.3 is 0 Å². The van der Waals surface area contributed by atoms with Crippen LogP contribution in [0.3, 0.4) is 0 Å². The van der Waals surface area contributed by atoms with Gasteiger partial charge in [0, 0.05) is 17.9 Å². The molecule has 1 unspecified atom stereocenters. The van der Waals surface area contributed by atoms with E-state index in [0.717, 1.165) is 17.7 Å². The predicted octanol–water partition coefficient (Wildman–Crippen LogP) is 3.06. The van der Waals surface area contributed by atoms with Crippen LogP contribution in [0.2, 0.25) is 0 Å². The van der Waals surface area contributed by atoms with Gasteiger partial charge in [-0.1, -0.05) is 31.0 Å². The standard InChI is InChI=1S/C17H21NO2/c19-17(16-11-5-1-2-6-12(11)16)18-14-9-10-20-15-8-4-3-7-13(14)15/h3-4,7-8,11-12,14,16H,1-2,5-6,9-10H2,(H,18,19)/t11-,12+,14-,16?/m1/s1. The summed E-state index contributed by atoms with van der Waals surface area (Å²) >= 11 is 0. The molecule has 1 N–H and O–H groups in total. The van der Waals surface area contributed by atoms with Crippen LogP contribution in [-0.4, -0.2) is 12.5 Å². The van der Waals surface area contributed by atoms with E-state index in [4.69, 9.17) is 4.74 Å². The third-order valence-corrected chi connectivity index (χ3v) is 5.23. The van der Waals surface area contributed by atoms with E-state index in [1.54, 1.807) is 0 Å². The van der Waals surface area contributed by atoms with Gasteiger partial charge in [0.25, 0.3) is 0 Å².